The zero-order chi connectivity index (χ0) is 18.0. The Bertz CT molecular complexity index is 738. The van der Waals surface area contributed by atoms with Crippen molar-refractivity contribution in [3.63, 3.8) is 0 Å². The Morgan fingerprint density at radius 2 is 1.88 bits per heavy atom. The van der Waals surface area contributed by atoms with E-state index < -0.39 is 0 Å². The fourth-order valence-corrected chi connectivity index (χ4v) is 3.99. The number of benzene rings is 1. The van der Waals surface area contributed by atoms with E-state index in [0.717, 1.165) is 42.5 Å². The fraction of sp³-hybridized carbons (Fsp3) is 0.500. The Balaban J connectivity index is 1.68. The molecule has 1 saturated heterocycles. The fourth-order valence-electron chi connectivity index (χ4n) is 2.96. The second kappa shape index (κ2) is 7.79. The first-order chi connectivity index (χ1) is 12.0. The van der Waals surface area contributed by atoms with Gasteiger partial charge in [0.25, 0.3) is 0 Å². The maximum absolute atomic E-state index is 12.7. The average Bonchev–Trinajstić information content (AvgIpc) is 2.96. The lowest BCUT2D eigenvalue weighted by atomic mass is 9.99. The Kier molecular flexibility index (Phi) is 5.69. The Morgan fingerprint density at radius 3 is 2.52 bits per heavy atom. The van der Waals surface area contributed by atoms with Crippen LogP contribution in [0.5, 0.6) is 0 Å². The van der Waals surface area contributed by atoms with Crippen LogP contribution in [-0.4, -0.2) is 43.9 Å². The van der Waals surface area contributed by atoms with Crippen LogP contribution in [0.15, 0.2) is 29.4 Å². The van der Waals surface area contributed by atoms with Gasteiger partial charge in [0.15, 0.2) is 11.0 Å². The maximum Gasteiger partial charge on any atom is 0.235 e. The number of carbonyl (C=O) groups excluding carboxylic acids is 1. The molecule has 1 aliphatic heterocycles. The third kappa shape index (κ3) is 4.18. The quantitative estimate of drug-likeness (QED) is 0.757. The lowest BCUT2D eigenvalue weighted by Gasteiger charge is -2.31. The summed E-state index contributed by atoms with van der Waals surface area (Å²) in [4.78, 5) is 14.6. The second-order valence-corrected chi connectivity index (χ2v) is 8.38. The van der Waals surface area contributed by atoms with Crippen molar-refractivity contribution in [2.24, 2.45) is 13.0 Å². The van der Waals surface area contributed by atoms with Crippen molar-refractivity contribution in [1.29, 1.82) is 0 Å². The summed E-state index contributed by atoms with van der Waals surface area (Å²) in [5.74, 6) is 1.67. The number of nitrogens with zero attached hydrogens (tertiary/aromatic N) is 4. The third-order valence-corrected chi connectivity index (χ3v) is 6.04. The molecule has 1 aromatic heterocycles. The van der Waals surface area contributed by atoms with Crippen LogP contribution < -0.4 is 0 Å². The van der Waals surface area contributed by atoms with E-state index in [1.807, 2.05) is 47.7 Å². The molecule has 0 aliphatic carbocycles. The summed E-state index contributed by atoms with van der Waals surface area (Å²) in [6, 6.07) is 7.51. The van der Waals surface area contributed by atoms with Crippen molar-refractivity contribution in [1.82, 2.24) is 19.7 Å². The minimum atomic E-state index is -0.172. The number of aromatic nitrogens is 3. The molecule has 3 rings (SSSR count). The molecule has 2 heterocycles. The summed E-state index contributed by atoms with van der Waals surface area (Å²) < 4.78 is 1.93. The summed E-state index contributed by atoms with van der Waals surface area (Å²) in [6.45, 7) is 5.92. The molecule has 1 atom stereocenters. The van der Waals surface area contributed by atoms with Crippen LogP contribution >= 0.6 is 23.4 Å². The molecule has 1 aromatic carbocycles. The summed E-state index contributed by atoms with van der Waals surface area (Å²) in [5.41, 5.74) is 0.954. The summed E-state index contributed by atoms with van der Waals surface area (Å²) in [7, 11) is 1.92. The number of hydrogen-bond donors (Lipinski definition) is 0. The Labute approximate surface area is 157 Å². The van der Waals surface area contributed by atoms with Gasteiger partial charge in [0, 0.05) is 30.7 Å². The SMILES string of the molecule is CC1CCN(C(=O)C(C)Sc2nnc(-c3ccc(Cl)cc3)n2C)CC1. The Hall–Kier alpha value is -1.53. The summed E-state index contributed by atoms with van der Waals surface area (Å²) in [6.07, 6.45) is 2.18. The van der Waals surface area contributed by atoms with Crippen molar-refractivity contribution in [3.8, 4) is 11.4 Å². The van der Waals surface area contributed by atoms with Crippen LogP contribution in [0.3, 0.4) is 0 Å². The average molecular weight is 379 g/mol. The molecule has 1 fully saturated rings. The van der Waals surface area contributed by atoms with Gasteiger partial charge >= 0.3 is 0 Å². The highest BCUT2D eigenvalue weighted by Crippen LogP contribution is 2.28. The van der Waals surface area contributed by atoms with E-state index in [2.05, 4.69) is 17.1 Å². The molecule has 0 radical (unpaired) electrons. The minimum absolute atomic E-state index is 0.172. The number of carbonyl (C=O) groups is 1. The van der Waals surface area contributed by atoms with E-state index in [-0.39, 0.29) is 11.2 Å². The van der Waals surface area contributed by atoms with E-state index in [1.165, 1.54) is 11.8 Å². The third-order valence-electron chi connectivity index (χ3n) is 4.66. The molecular weight excluding hydrogens is 356 g/mol. The van der Waals surface area contributed by atoms with Gasteiger partial charge in [0.1, 0.15) is 0 Å². The molecule has 0 bridgehead atoms. The number of halogens is 1. The van der Waals surface area contributed by atoms with Crippen molar-refractivity contribution < 1.29 is 4.79 Å². The highest BCUT2D eigenvalue weighted by Gasteiger charge is 2.26. The lowest BCUT2D eigenvalue weighted by molar-refractivity contribution is -0.131. The van der Waals surface area contributed by atoms with Crippen molar-refractivity contribution >= 4 is 29.3 Å². The van der Waals surface area contributed by atoms with E-state index >= 15 is 0 Å². The van der Waals surface area contributed by atoms with Crippen LogP contribution in [0.25, 0.3) is 11.4 Å². The lowest BCUT2D eigenvalue weighted by Crippen LogP contribution is -2.41. The van der Waals surface area contributed by atoms with Gasteiger partial charge in [-0.3, -0.25) is 4.79 Å². The molecule has 7 heteroatoms. The van der Waals surface area contributed by atoms with Crippen LogP contribution in [0.4, 0.5) is 0 Å². The monoisotopic (exact) mass is 378 g/mol. The van der Waals surface area contributed by atoms with Gasteiger partial charge in [-0.2, -0.15) is 0 Å². The first-order valence-electron chi connectivity index (χ1n) is 8.56. The molecule has 1 aliphatic rings. The number of amides is 1. The van der Waals surface area contributed by atoms with Crippen LogP contribution in [0.1, 0.15) is 26.7 Å². The van der Waals surface area contributed by atoms with Crippen molar-refractivity contribution in [3.05, 3.63) is 29.3 Å². The van der Waals surface area contributed by atoms with E-state index in [0.29, 0.717) is 10.9 Å². The molecule has 1 amide bonds. The topological polar surface area (TPSA) is 51.0 Å². The molecule has 25 heavy (non-hydrogen) atoms. The molecule has 134 valence electrons. The maximum atomic E-state index is 12.7. The number of rotatable bonds is 4. The highest BCUT2D eigenvalue weighted by molar-refractivity contribution is 8.00. The minimum Gasteiger partial charge on any atom is -0.342 e. The van der Waals surface area contributed by atoms with Gasteiger partial charge in [-0.05, 0) is 49.9 Å². The van der Waals surface area contributed by atoms with E-state index in [9.17, 15) is 4.79 Å². The molecule has 0 N–H and O–H groups in total. The summed E-state index contributed by atoms with van der Waals surface area (Å²) in [5, 5.41) is 9.81. The van der Waals surface area contributed by atoms with Crippen LogP contribution in [0, 0.1) is 5.92 Å². The largest absolute Gasteiger partial charge is 0.342 e. The molecule has 1 unspecified atom stereocenters. The highest BCUT2D eigenvalue weighted by atomic mass is 35.5. The molecule has 0 saturated carbocycles. The van der Waals surface area contributed by atoms with Crippen LogP contribution in [-0.2, 0) is 11.8 Å². The molecule has 5 nitrogen and oxygen atoms in total. The Morgan fingerprint density at radius 1 is 1.24 bits per heavy atom. The molecule has 0 spiro atoms. The second-order valence-electron chi connectivity index (χ2n) is 6.64. The van der Waals surface area contributed by atoms with E-state index in [4.69, 9.17) is 11.6 Å². The zero-order valence-electron chi connectivity index (χ0n) is 14.8. The van der Waals surface area contributed by atoms with Crippen molar-refractivity contribution in [2.75, 3.05) is 13.1 Å². The van der Waals surface area contributed by atoms with Gasteiger partial charge in [-0.1, -0.05) is 30.3 Å². The predicted molar refractivity (Wildman–Crippen MR) is 102 cm³/mol. The first-order valence-corrected chi connectivity index (χ1v) is 9.82. The normalized spacial score (nSPS) is 16.9. The number of thioether (sulfide) groups is 1. The van der Waals surface area contributed by atoms with Crippen molar-refractivity contribution in [2.45, 2.75) is 37.1 Å². The van der Waals surface area contributed by atoms with Crippen LogP contribution in [0.2, 0.25) is 5.02 Å². The molecule has 2 aromatic rings. The number of hydrogen-bond acceptors (Lipinski definition) is 4. The standard InChI is InChI=1S/C18H23ClN4OS/c1-12-8-10-23(11-9-12)17(24)13(2)25-18-21-20-16(22(18)3)14-4-6-15(19)7-5-14/h4-7,12-13H,8-11H2,1-3H3. The van der Waals surface area contributed by atoms with Gasteiger partial charge in [0.2, 0.25) is 5.91 Å². The van der Waals surface area contributed by atoms with Gasteiger partial charge < -0.3 is 9.47 Å². The van der Waals surface area contributed by atoms with Gasteiger partial charge in [0.05, 0.1) is 5.25 Å². The molecular formula is C18H23ClN4OS. The smallest absolute Gasteiger partial charge is 0.235 e. The van der Waals surface area contributed by atoms with Gasteiger partial charge in [-0.15, -0.1) is 10.2 Å². The summed E-state index contributed by atoms with van der Waals surface area (Å²) >= 11 is 7.40. The predicted octanol–water partition coefficient (Wildman–Crippen LogP) is 3.87. The van der Waals surface area contributed by atoms with Gasteiger partial charge in [-0.25, -0.2) is 0 Å². The number of likely N-dealkylation sites (tertiary alicyclic amines) is 1. The zero-order valence-corrected chi connectivity index (χ0v) is 16.3. The van der Waals surface area contributed by atoms with E-state index in [1.54, 1.807) is 0 Å². The first kappa shape index (κ1) is 18.3. The number of piperidine rings is 1.